The van der Waals surface area contributed by atoms with Gasteiger partial charge in [0.1, 0.15) is 12.2 Å². The van der Waals surface area contributed by atoms with E-state index in [0.717, 1.165) is 6.07 Å². The quantitative estimate of drug-likeness (QED) is 0.590. The summed E-state index contributed by atoms with van der Waals surface area (Å²) in [6.07, 6.45) is 0. The number of nitrogens with zero attached hydrogens (tertiary/aromatic N) is 2. The summed E-state index contributed by atoms with van der Waals surface area (Å²) in [5, 5.41) is 22.3. The molecule has 0 atom stereocenters. The Hall–Kier alpha value is -2.64. The molecule has 0 bridgehead atoms. The standard InChI is InChI=1S/C12H15N3O5/c1-3-14(7-11(16)17)9-5-4-8(12(18)13-2)6-10(9)15(19)20/h4-6H,3,7H2,1-2H3,(H,13,18)(H,16,17). The number of carbonyl (C=O) groups is 2. The third kappa shape index (κ3) is 3.44. The molecule has 0 aliphatic rings. The summed E-state index contributed by atoms with van der Waals surface area (Å²) in [5.74, 6) is -1.53. The first-order chi connectivity index (χ1) is 9.40. The predicted molar refractivity (Wildman–Crippen MR) is 72.0 cm³/mol. The SMILES string of the molecule is CCN(CC(=O)O)c1ccc(C(=O)NC)cc1[N+](=O)[O-]. The van der Waals surface area contributed by atoms with Crippen LogP contribution in [0.5, 0.6) is 0 Å². The lowest BCUT2D eigenvalue weighted by Crippen LogP contribution is -2.30. The van der Waals surface area contributed by atoms with Crippen LogP contribution in [0.3, 0.4) is 0 Å². The van der Waals surface area contributed by atoms with Crippen LogP contribution in [0.15, 0.2) is 18.2 Å². The first-order valence-electron chi connectivity index (χ1n) is 5.88. The minimum Gasteiger partial charge on any atom is -0.480 e. The summed E-state index contributed by atoms with van der Waals surface area (Å²) in [6.45, 7) is 1.64. The van der Waals surface area contributed by atoms with E-state index in [1.807, 2.05) is 0 Å². The van der Waals surface area contributed by atoms with Gasteiger partial charge in [-0.25, -0.2) is 0 Å². The van der Waals surface area contributed by atoms with Gasteiger partial charge in [0.25, 0.3) is 11.6 Å². The van der Waals surface area contributed by atoms with E-state index >= 15 is 0 Å². The highest BCUT2D eigenvalue weighted by Crippen LogP contribution is 2.29. The van der Waals surface area contributed by atoms with Crippen molar-refractivity contribution in [2.45, 2.75) is 6.92 Å². The molecule has 0 aliphatic carbocycles. The maximum Gasteiger partial charge on any atom is 0.323 e. The van der Waals surface area contributed by atoms with Gasteiger partial charge in [0.15, 0.2) is 0 Å². The van der Waals surface area contributed by atoms with Crippen LogP contribution in [0.25, 0.3) is 0 Å². The molecule has 0 saturated heterocycles. The zero-order valence-electron chi connectivity index (χ0n) is 11.1. The maximum atomic E-state index is 11.5. The van der Waals surface area contributed by atoms with Gasteiger partial charge >= 0.3 is 5.97 Å². The number of nitro benzene ring substituents is 1. The highest BCUT2D eigenvalue weighted by atomic mass is 16.6. The lowest BCUT2D eigenvalue weighted by molar-refractivity contribution is -0.384. The fraction of sp³-hybridized carbons (Fsp3) is 0.333. The summed E-state index contributed by atoms with van der Waals surface area (Å²) >= 11 is 0. The largest absolute Gasteiger partial charge is 0.480 e. The number of rotatable bonds is 6. The second kappa shape index (κ2) is 6.50. The van der Waals surface area contributed by atoms with Crippen LogP contribution in [-0.4, -0.2) is 42.0 Å². The predicted octanol–water partition coefficient (Wildman–Crippen LogP) is 0.865. The highest BCUT2D eigenvalue weighted by molar-refractivity contribution is 5.95. The number of nitrogens with one attached hydrogen (secondary N) is 1. The summed E-state index contributed by atoms with van der Waals surface area (Å²) in [7, 11) is 1.42. The van der Waals surface area contributed by atoms with E-state index in [1.54, 1.807) is 6.92 Å². The number of carboxylic acid groups (broad SMARTS) is 1. The fourth-order valence-corrected chi connectivity index (χ4v) is 1.75. The van der Waals surface area contributed by atoms with Crippen molar-refractivity contribution in [1.82, 2.24) is 5.32 Å². The van der Waals surface area contributed by atoms with Gasteiger partial charge in [-0.3, -0.25) is 19.7 Å². The van der Waals surface area contributed by atoms with Gasteiger partial charge in [-0.15, -0.1) is 0 Å². The van der Waals surface area contributed by atoms with Gasteiger partial charge in [0.2, 0.25) is 0 Å². The number of benzene rings is 1. The molecular formula is C12H15N3O5. The highest BCUT2D eigenvalue weighted by Gasteiger charge is 2.22. The van der Waals surface area contributed by atoms with Crippen molar-refractivity contribution in [3.05, 3.63) is 33.9 Å². The number of likely N-dealkylation sites (N-methyl/N-ethyl adjacent to an activating group) is 1. The monoisotopic (exact) mass is 281 g/mol. The third-order valence-corrected chi connectivity index (χ3v) is 2.71. The molecule has 20 heavy (non-hydrogen) atoms. The topological polar surface area (TPSA) is 113 Å². The molecule has 0 aliphatic heterocycles. The number of hydrogen-bond donors (Lipinski definition) is 2. The number of carboxylic acids is 1. The number of amides is 1. The minimum absolute atomic E-state index is 0.148. The Labute approximate surface area is 115 Å². The Balaban J connectivity index is 3.28. The van der Waals surface area contributed by atoms with Crippen molar-refractivity contribution >= 4 is 23.3 Å². The van der Waals surface area contributed by atoms with E-state index in [-0.39, 0.29) is 23.5 Å². The number of nitro groups is 1. The third-order valence-electron chi connectivity index (χ3n) is 2.71. The minimum atomic E-state index is -1.09. The molecular weight excluding hydrogens is 266 g/mol. The molecule has 1 amide bonds. The molecule has 0 aromatic heterocycles. The van der Waals surface area contributed by atoms with Crippen molar-refractivity contribution < 1.29 is 19.6 Å². The summed E-state index contributed by atoms with van der Waals surface area (Å²) in [4.78, 5) is 34.1. The number of carbonyl (C=O) groups excluding carboxylic acids is 1. The summed E-state index contributed by atoms with van der Waals surface area (Å²) in [5.41, 5.74) is 0.0241. The van der Waals surface area contributed by atoms with Crippen LogP contribution in [0, 0.1) is 10.1 Å². The second-order valence-corrected chi connectivity index (χ2v) is 3.95. The molecule has 0 heterocycles. The van der Waals surface area contributed by atoms with Crippen LogP contribution in [0.4, 0.5) is 11.4 Å². The Morgan fingerprint density at radius 2 is 2.10 bits per heavy atom. The Bertz CT molecular complexity index is 544. The molecule has 0 radical (unpaired) electrons. The number of hydrogen-bond acceptors (Lipinski definition) is 5. The molecule has 1 rings (SSSR count). The van der Waals surface area contributed by atoms with Crippen LogP contribution in [0.2, 0.25) is 0 Å². The Kier molecular flexibility index (Phi) is 5.01. The first-order valence-corrected chi connectivity index (χ1v) is 5.88. The van der Waals surface area contributed by atoms with Gasteiger partial charge in [0, 0.05) is 25.2 Å². The van der Waals surface area contributed by atoms with Gasteiger partial charge in [-0.05, 0) is 19.1 Å². The lowest BCUT2D eigenvalue weighted by atomic mass is 10.1. The molecule has 8 heteroatoms. The molecule has 2 N–H and O–H groups in total. The van der Waals surface area contributed by atoms with Crippen molar-refractivity contribution in [3.8, 4) is 0 Å². The van der Waals surface area contributed by atoms with E-state index in [2.05, 4.69) is 5.32 Å². The second-order valence-electron chi connectivity index (χ2n) is 3.95. The average Bonchev–Trinajstić information content (AvgIpc) is 2.43. The van der Waals surface area contributed by atoms with Crippen LogP contribution in [0.1, 0.15) is 17.3 Å². The van der Waals surface area contributed by atoms with Gasteiger partial charge < -0.3 is 15.3 Å². The first kappa shape index (κ1) is 15.4. The van der Waals surface area contributed by atoms with E-state index in [0.29, 0.717) is 6.54 Å². The zero-order chi connectivity index (χ0) is 15.3. The molecule has 0 unspecified atom stereocenters. The van der Waals surface area contributed by atoms with Crippen molar-refractivity contribution in [2.75, 3.05) is 25.0 Å². The van der Waals surface area contributed by atoms with Gasteiger partial charge in [-0.2, -0.15) is 0 Å². The van der Waals surface area contributed by atoms with Crippen molar-refractivity contribution in [3.63, 3.8) is 0 Å². The zero-order valence-corrected chi connectivity index (χ0v) is 11.1. The van der Waals surface area contributed by atoms with Gasteiger partial charge in [0.05, 0.1) is 4.92 Å². The Morgan fingerprint density at radius 1 is 1.45 bits per heavy atom. The van der Waals surface area contributed by atoms with E-state index in [4.69, 9.17) is 5.11 Å². The molecule has 1 aromatic carbocycles. The van der Waals surface area contributed by atoms with E-state index in [1.165, 1.54) is 24.1 Å². The van der Waals surface area contributed by atoms with Crippen molar-refractivity contribution in [2.24, 2.45) is 0 Å². The normalized spacial score (nSPS) is 9.90. The maximum absolute atomic E-state index is 11.5. The molecule has 1 aromatic rings. The van der Waals surface area contributed by atoms with Crippen LogP contribution < -0.4 is 10.2 Å². The summed E-state index contributed by atoms with van der Waals surface area (Å²) in [6, 6.07) is 3.94. The smallest absolute Gasteiger partial charge is 0.323 e. The van der Waals surface area contributed by atoms with Gasteiger partial charge in [-0.1, -0.05) is 0 Å². The van der Waals surface area contributed by atoms with Crippen LogP contribution >= 0.6 is 0 Å². The van der Waals surface area contributed by atoms with E-state index < -0.39 is 16.8 Å². The number of anilines is 1. The molecule has 0 fully saturated rings. The molecule has 108 valence electrons. The van der Waals surface area contributed by atoms with Crippen molar-refractivity contribution in [1.29, 1.82) is 0 Å². The molecule has 0 spiro atoms. The lowest BCUT2D eigenvalue weighted by Gasteiger charge is -2.20. The molecule has 8 nitrogen and oxygen atoms in total. The summed E-state index contributed by atoms with van der Waals surface area (Å²) < 4.78 is 0. The molecule has 0 saturated carbocycles. The number of aliphatic carboxylic acids is 1. The van der Waals surface area contributed by atoms with Crippen LogP contribution in [-0.2, 0) is 4.79 Å². The Morgan fingerprint density at radius 3 is 2.55 bits per heavy atom. The average molecular weight is 281 g/mol. The fourth-order valence-electron chi connectivity index (χ4n) is 1.75. The van der Waals surface area contributed by atoms with E-state index in [9.17, 15) is 19.7 Å².